The Morgan fingerprint density at radius 3 is 1.04 bits per heavy atom. The van der Waals surface area contributed by atoms with Crippen LogP contribution in [-0.2, 0) is 65.4 Å². The van der Waals surface area contributed by atoms with Crippen molar-refractivity contribution in [1.82, 2.24) is 0 Å². The van der Waals surface area contributed by atoms with Crippen molar-refractivity contribution in [3.05, 3.63) is 24.3 Å². The zero-order chi connectivity index (χ0) is 58.5. The van der Waals surface area contributed by atoms with Crippen molar-refractivity contribution in [3.8, 4) is 0 Å². The number of hydrogen-bond acceptors (Lipinski definition) is 15. The molecule has 464 valence electrons. The third kappa shape index (κ3) is 54.5. The first-order valence-electron chi connectivity index (χ1n) is 31.0. The molecule has 0 aliphatic rings. The standard InChI is InChI=1S/C60H112O17P2/c1-6-9-12-15-18-20-21-22-23-24-25-26-29-36-41-46-60(65)77-56(50-71-58(63)44-39-34-31-30-32-37-42-53(4)5)52-75-79(68,69)73-48-54(61)47-72-78(66,67)74-51-55(49-70-57(62)43-38-33-27-17-14-11-8-3)76-59(64)45-40-35-28-19-16-13-10-7-2/h20-23,53-56,61H,6-19,24-52H2,1-5H3,(H,66,67)(H,68,69)/b21-20-,23-22-/t54-,55+,56+/m0/s1. The van der Waals surface area contributed by atoms with E-state index in [1.165, 1.54) is 57.8 Å². The molecule has 19 heteroatoms. The van der Waals surface area contributed by atoms with Gasteiger partial charge in [-0.2, -0.15) is 0 Å². The summed E-state index contributed by atoms with van der Waals surface area (Å²) in [6.45, 7) is 6.94. The summed E-state index contributed by atoms with van der Waals surface area (Å²) in [5.74, 6) is -1.50. The highest BCUT2D eigenvalue weighted by Crippen LogP contribution is 2.45. The number of hydrogen-bond donors (Lipinski definition) is 3. The Balaban J connectivity index is 5.23. The van der Waals surface area contributed by atoms with Gasteiger partial charge >= 0.3 is 39.5 Å². The molecule has 0 spiro atoms. The number of unbranched alkanes of at least 4 members (excludes halogenated alkanes) is 27. The number of carbonyl (C=O) groups excluding carboxylic acids is 4. The highest BCUT2D eigenvalue weighted by molar-refractivity contribution is 7.47. The fraction of sp³-hybridized carbons (Fsp3) is 0.867. The minimum atomic E-state index is -4.95. The SMILES string of the molecule is CCCCCC/C=C\C=C/CCCCCCCC(=O)O[C@H](COC(=O)CCCCCCCCC(C)C)COP(=O)(O)OC[C@@H](O)COP(=O)(O)OC[C@@H](COC(=O)CCCCCCCCC)OC(=O)CCCCCCCCCC. The Morgan fingerprint density at radius 2 is 0.684 bits per heavy atom. The second-order valence-corrected chi connectivity index (χ2v) is 24.4. The predicted octanol–water partition coefficient (Wildman–Crippen LogP) is 15.8. The van der Waals surface area contributed by atoms with Gasteiger partial charge in [-0.05, 0) is 57.3 Å². The molecule has 17 nitrogen and oxygen atoms in total. The second-order valence-electron chi connectivity index (χ2n) is 21.5. The van der Waals surface area contributed by atoms with Crippen LogP contribution in [0.3, 0.4) is 0 Å². The number of esters is 4. The van der Waals surface area contributed by atoms with Crippen molar-refractivity contribution in [2.24, 2.45) is 5.92 Å². The van der Waals surface area contributed by atoms with Gasteiger partial charge in [-0.15, -0.1) is 0 Å². The largest absolute Gasteiger partial charge is 0.472 e. The molecular formula is C60H112O17P2. The van der Waals surface area contributed by atoms with Crippen LogP contribution < -0.4 is 0 Å². The Bertz CT molecular complexity index is 1640. The first-order chi connectivity index (χ1) is 38.0. The van der Waals surface area contributed by atoms with Crippen LogP contribution >= 0.6 is 15.6 Å². The first-order valence-corrected chi connectivity index (χ1v) is 33.9. The minimum absolute atomic E-state index is 0.0838. The van der Waals surface area contributed by atoms with Crippen LogP contribution in [0.15, 0.2) is 24.3 Å². The molecule has 0 aromatic carbocycles. The summed E-state index contributed by atoms with van der Waals surface area (Å²) < 4.78 is 67.6. The zero-order valence-corrected chi connectivity index (χ0v) is 51.8. The molecule has 2 unspecified atom stereocenters. The fourth-order valence-electron chi connectivity index (χ4n) is 8.33. The highest BCUT2D eigenvalue weighted by atomic mass is 31.2. The second kappa shape index (κ2) is 53.5. The molecule has 0 saturated carbocycles. The molecule has 0 aromatic rings. The summed E-state index contributed by atoms with van der Waals surface area (Å²) >= 11 is 0. The van der Waals surface area contributed by atoms with E-state index in [1.54, 1.807) is 0 Å². The maximum atomic E-state index is 12.9. The minimum Gasteiger partial charge on any atom is -0.462 e. The average Bonchev–Trinajstić information content (AvgIpc) is 3.41. The quantitative estimate of drug-likeness (QED) is 0.0169. The van der Waals surface area contributed by atoms with Crippen LogP contribution in [0.4, 0.5) is 0 Å². The van der Waals surface area contributed by atoms with E-state index in [9.17, 15) is 43.2 Å². The average molecular weight is 1170 g/mol. The number of rotatable bonds is 58. The van der Waals surface area contributed by atoms with Crippen molar-refractivity contribution < 1.29 is 80.2 Å². The zero-order valence-electron chi connectivity index (χ0n) is 50.0. The van der Waals surface area contributed by atoms with Crippen LogP contribution in [-0.4, -0.2) is 96.7 Å². The van der Waals surface area contributed by atoms with Crippen molar-refractivity contribution >= 4 is 39.5 Å². The van der Waals surface area contributed by atoms with Gasteiger partial charge in [-0.3, -0.25) is 37.3 Å². The maximum Gasteiger partial charge on any atom is 0.472 e. The topological polar surface area (TPSA) is 237 Å². The lowest BCUT2D eigenvalue weighted by Gasteiger charge is -2.21. The Morgan fingerprint density at radius 1 is 0.392 bits per heavy atom. The highest BCUT2D eigenvalue weighted by Gasteiger charge is 2.30. The van der Waals surface area contributed by atoms with Crippen LogP contribution in [0, 0.1) is 5.92 Å². The van der Waals surface area contributed by atoms with Gasteiger partial charge < -0.3 is 33.8 Å². The van der Waals surface area contributed by atoms with Crippen LogP contribution in [0.2, 0.25) is 0 Å². The van der Waals surface area contributed by atoms with Gasteiger partial charge in [0.05, 0.1) is 26.4 Å². The number of carbonyl (C=O) groups is 4. The van der Waals surface area contributed by atoms with Crippen molar-refractivity contribution in [2.75, 3.05) is 39.6 Å². The Labute approximate surface area is 478 Å². The molecule has 0 amide bonds. The number of ether oxygens (including phenoxy) is 4. The first kappa shape index (κ1) is 76.5. The van der Waals surface area contributed by atoms with Gasteiger partial charge in [0.25, 0.3) is 0 Å². The van der Waals surface area contributed by atoms with E-state index in [2.05, 4.69) is 58.9 Å². The Hall–Kier alpha value is -2.46. The summed E-state index contributed by atoms with van der Waals surface area (Å²) in [5, 5.41) is 10.5. The molecular weight excluding hydrogens is 1050 g/mol. The van der Waals surface area contributed by atoms with Gasteiger partial charge in [0.15, 0.2) is 12.2 Å². The fourth-order valence-corrected chi connectivity index (χ4v) is 9.91. The third-order valence-electron chi connectivity index (χ3n) is 13.2. The van der Waals surface area contributed by atoms with E-state index in [-0.39, 0.29) is 25.7 Å². The lowest BCUT2D eigenvalue weighted by molar-refractivity contribution is -0.161. The van der Waals surface area contributed by atoms with Gasteiger partial charge in [0.1, 0.15) is 19.3 Å². The molecule has 5 atom stereocenters. The predicted molar refractivity (Wildman–Crippen MR) is 312 cm³/mol. The van der Waals surface area contributed by atoms with E-state index in [0.29, 0.717) is 31.6 Å². The number of phosphoric acid groups is 2. The van der Waals surface area contributed by atoms with Gasteiger partial charge in [0, 0.05) is 25.7 Å². The summed E-state index contributed by atoms with van der Waals surface area (Å²) in [5.41, 5.74) is 0. The summed E-state index contributed by atoms with van der Waals surface area (Å²) in [7, 11) is -9.88. The van der Waals surface area contributed by atoms with Crippen molar-refractivity contribution in [2.45, 2.75) is 291 Å². The van der Waals surface area contributed by atoms with Crippen molar-refractivity contribution in [1.29, 1.82) is 0 Å². The van der Waals surface area contributed by atoms with E-state index in [1.807, 2.05) is 0 Å². The molecule has 79 heavy (non-hydrogen) atoms. The van der Waals surface area contributed by atoms with Crippen molar-refractivity contribution in [3.63, 3.8) is 0 Å². The van der Waals surface area contributed by atoms with Crippen LogP contribution in [0.25, 0.3) is 0 Å². The maximum absolute atomic E-state index is 12.9. The van der Waals surface area contributed by atoms with E-state index >= 15 is 0 Å². The number of allylic oxidation sites excluding steroid dienone is 4. The monoisotopic (exact) mass is 1170 g/mol. The summed E-state index contributed by atoms with van der Waals surface area (Å²) in [6, 6.07) is 0. The molecule has 0 aliphatic heterocycles. The third-order valence-corrected chi connectivity index (χ3v) is 15.1. The van der Waals surface area contributed by atoms with E-state index in [0.717, 1.165) is 128 Å². The number of phosphoric ester groups is 2. The molecule has 3 N–H and O–H groups in total. The normalized spacial score (nSPS) is 14.5. The van der Waals surface area contributed by atoms with Crippen LogP contribution in [0.1, 0.15) is 272 Å². The number of aliphatic hydroxyl groups excluding tert-OH is 1. The summed E-state index contributed by atoms with van der Waals surface area (Å²) in [4.78, 5) is 71.7. The molecule has 0 heterocycles. The lowest BCUT2D eigenvalue weighted by Crippen LogP contribution is -2.30. The van der Waals surface area contributed by atoms with E-state index in [4.69, 9.17) is 37.0 Å². The molecule has 0 bridgehead atoms. The molecule has 0 fully saturated rings. The molecule has 0 saturated heterocycles. The number of aliphatic hydroxyl groups is 1. The molecule has 0 aliphatic carbocycles. The smallest absolute Gasteiger partial charge is 0.462 e. The summed E-state index contributed by atoms with van der Waals surface area (Å²) in [6.07, 6.45) is 38.8. The lowest BCUT2D eigenvalue weighted by atomic mass is 10.0. The Kier molecular flexibility index (Phi) is 51.9. The van der Waals surface area contributed by atoms with Gasteiger partial charge in [-0.25, -0.2) is 9.13 Å². The van der Waals surface area contributed by atoms with Crippen LogP contribution in [0.5, 0.6) is 0 Å². The molecule has 0 rings (SSSR count). The molecule has 0 radical (unpaired) electrons. The van der Waals surface area contributed by atoms with Gasteiger partial charge in [-0.1, -0.05) is 219 Å². The van der Waals surface area contributed by atoms with E-state index < -0.39 is 97.5 Å². The van der Waals surface area contributed by atoms with Gasteiger partial charge in [0.2, 0.25) is 0 Å². The molecule has 0 aromatic heterocycles.